The van der Waals surface area contributed by atoms with E-state index in [1.54, 1.807) is 0 Å². The normalized spacial score (nSPS) is 22.7. The molecule has 0 aromatic rings. The molecule has 0 saturated heterocycles. The maximum absolute atomic E-state index is 12.8. The predicted octanol–water partition coefficient (Wildman–Crippen LogP) is 10.1. The van der Waals surface area contributed by atoms with Crippen molar-refractivity contribution in [2.45, 2.75) is 185 Å². The first-order chi connectivity index (χ1) is 31.0. The zero-order valence-corrected chi connectivity index (χ0v) is 39.7. The van der Waals surface area contributed by atoms with E-state index in [9.17, 15) is 39.8 Å². The highest BCUT2D eigenvalue weighted by molar-refractivity contribution is 7.47. The summed E-state index contributed by atoms with van der Waals surface area (Å²) in [5, 5.41) is 50.2. The van der Waals surface area contributed by atoms with Gasteiger partial charge in [-0.3, -0.25) is 13.8 Å². The maximum atomic E-state index is 12.8. The zero-order valence-electron chi connectivity index (χ0n) is 38.8. The van der Waals surface area contributed by atoms with Crippen molar-refractivity contribution < 1.29 is 58.3 Å². The Kier molecular flexibility index (Phi) is 37.2. The highest BCUT2D eigenvalue weighted by Gasteiger charge is 2.51. The van der Waals surface area contributed by atoms with Gasteiger partial charge in [-0.1, -0.05) is 162 Å². The number of hydrogen-bond donors (Lipinski definition) is 6. The van der Waals surface area contributed by atoms with Gasteiger partial charge in [0.15, 0.2) is 0 Å². The fourth-order valence-electron chi connectivity index (χ4n) is 6.45. The number of aliphatic hydroxyl groups is 5. The predicted molar refractivity (Wildman–Crippen MR) is 257 cm³/mol. The van der Waals surface area contributed by atoms with Crippen LogP contribution >= 0.6 is 7.82 Å². The van der Waals surface area contributed by atoms with Gasteiger partial charge < -0.3 is 39.9 Å². The Bertz CT molecular complexity index is 1470. The van der Waals surface area contributed by atoms with Gasteiger partial charge in [0.05, 0.1) is 13.2 Å². The van der Waals surface area contributed by atoms with Gasteiger partial charge >= 0.3 is 13.8 Å². The Hall–Kier alpha value is -3.00. The van der Waals surface area contributed by atoms with Crippen LogP contribution in [0, 0.1) is 0 Å². The van der Waals surface area contributed by atoms with Crippen molar-refractivity contribution in [2.75, 3.05) is 19.8 Å². The van der Waals surface area contributed by atoms with Crippen LogP contribution in [-0.2, 0) is 27.9 Å². The molecule has 0 aromatic heterocycles. The summed E-state index contributed by atoms with van der Waals surface area (Å²) in [7, 11) is -5.05. The molecule has 0 aliphatic heterocycles. The van der Waals surface area contributed by atoms with Crippen LogP contribution in [0.15, 0.2) is 109 Å². The fourth-order valence-corrected chi connectivity index (χ4v) is 7.43. The SMILES string of the molecule is CC/C=C\C/C=C\C/C=C\C/C=C\C/C=C\C/C=C\CCC(=O)OC(COCCCCCCCCCC/C=C\C/C=C\C/C=C\CC)COP(=O)(O)OC1C(O)C(O)C(O)C(O)C1O. The summed E-state index contributed by atoms with van der Waals surface area (Å²) in [5.41, 5.74) is 0. The lowest BCUT2D eigenvalue weighted by atomic mass is 9.85. The molecule has 6 atom stereocenters. The molecule has 1 aliphatic carbocycles. The van der Waals surface area contributed by atoms with E-state index < -0.39 is 63.1 Å². The van der Waals surface area contributed by atoms with Gasteiger partial charge in [0, 0.05) is 13.0 Å². The van der Waals surface area contributed by atoms with E-state index in [0.29, 0.717) is 19.4 Å². The minimum Gasteiger partial charge on any atom is -0.457 e. The highest BCUT2D eigenvalue weighted by atomic mass is 31.2. The van der Waals surface area contributed by atoms with Crippen LogP contribution in [0.1, 0.15) is 142 Å². The van der Waals surface area contributed by atoms with Crippen molar-refractivity contribution in [1.29, 1.82) is 0 Å². The summed E-state index contributed by atoms with van der Waals surface area (Å²) in [6.07, 6.45) is 44.5. The van der Waals surface area contributed by atoms with Gasteiger partial charge in [0.2, 0.25) is 0 Å². The number of rotatable bonds is 38. The molecule has 0 aromatic carbocycles. The average molecular weight is 919 g/mol. The van der Waals surface area contributed by atoms with E-state index in [2.05, 4.69) is 111 Å². The number of phosphoric acid groups is 1. The Morgan fingerprint density at radius 3 is 1.33 bits per heavy atom. The lowest BCUT2D eigenvalue weighted by molar-refractivity contribution is -0.220. The number of esters is 1. The Morgan fingerprint density at radius 2 is 0.875 bits per heavy atom. The van der Waals surface area contributed by atoms with E-state index >= 15 is 0 Å². The average Bonchev–Trinajstić information content (AvgIpc) is 3.28. The molecule has 64 heavy (non-hydrogen) atoms. The van der Waals surface area contributed by atoms with E-state index in [-0.39, 0.29) is 13.0 Å². The molecule has 1 fully saturated rings. The molecule has 0 amide bonds. The number of allylic oxidation sites excluding steroid dienone is 18. The third-order valence-electron chi connectivity index (χ3n) is 10.2. The van der Waals surface area contributed by atoms with E-state index in [1.165, 1.54) is 25.7 Å². The van der Waals surface area contributed by atoms with E-state index in [0.717, 1.165) is 83.5 Å². The number of hydrogen-bond acceptors (Lipinski definition) is 11. The van der Waals surface area contributed by atoms with Crippen molar-refractivity contribution in [3.63, 3.8) is 0 Å². The second kappa shape index (κ2) is 40.3. The Morgan fingerprint density at radius 1 is 0.500 bits per heavy atom. The van der Waals surface area contributed by atoms with Crippen LogP contribution < -0.4 is 0 Å². The molecule has 364 valence electrons. The number of ether oxygens (including phenoxy) is 2. The first-order valence-corrected chi connectivity index (χ1v) is 25.2. The summed E-state index contributed by atoms with van der Waals surface area (Å²) >= 11 is 0. The highest BCUT2D eigenvalue weighted by Crippen LogP contribution is 2.47. The summed E-state index contributed by atoms with van der Waals surface area (Å²) in [4.78, 5) is 23.2. The minimum absolute atomic E-state index is 0.0518. The standard InChI is InChI=1S/C51H83O12P/c1-3-5-7-9-11-13-15-17-19-21-23-24-26-28-30-32-34-36-38-40-45(52)62-44(43-61-64(58,59)63-51-49(56)47(54)46(53)48(55)50(51)57)42-60-41-39-37-35-33-31-29-27-25-22-20-18-16-14-12-10-8-6-4-2/h5-8,11-14,17-20,23-24,28,30,34,36,44,46-51,53-57H,3-4,9-10,15-16,21-22,25-27,29,31-33,35,37-43H2,1-2H3,(H,58,59)/b7-5-,8-6-,13-11-,14-12-,19-17-,20-18-,24-23-,30-28-,36-34-. The van der Waals surface area contributed by atoms with Crippen molar-refractivity contribution in [3.8, 4) is 0 Å². The topological polar surface area (TPSA) is 192 Å². The first kappa shape index (κ1) is 59.0. The summed E-state index contributed by atoms with van der Waals surface area (Å²) in [5.74, 6) is -0.567. The van der Waals surface area contributed by atoms with Gasteiger partial charge in [-0.25, -0.2) is 4.57 Å². The molecule has 12 nitrogen and oxygen atoms in total. The van der Waals surface area contributed by atoms with Crippen LogP contribution in [-0.4, -0.2) is 98.9 Å². The quantitative estimate of drug-likeness (QED) is 0.0149. The summed E-state index contributed by atoms with van der Waals surface area (Å²) < 4.78 is 34.1. The molecule has 0 radical (unpaired) electrons. The molecule has 1 saturated carbocycles. The van der Waals surface area contributed by atoms with Gasteiger partial charge in [0.1, 0.15) is 42.7 Å². The molecule has 0 spiro atoms. The molecule has 1 aliphatic rings. The van der Waals surface area contributed by atoms with Crippen LogP contribution in [0.4, 0.5) is 0 Å². The molecule has 1 rings (SSSR count). The van der Waals surface area contributed by atoms with Crippen molar-refractivity contribution in [2.24, 2.45) is 0 Å². The fraction of sp³-hybridized carbons (Fsp3) is 0.627. The van der Waals surface area contributed by atoms with Crippen LogP contribution in [0.25, 0.3) is 0 Å². The Labute approximate surface area is 385 Å². The summed E-state index contributed by atoms with van der Waals surface area (Å²) in [6, 6.07) is 0. The van der Waals surface area contributed by atoms with Gasteiger partial charge in [-0.2, -0.15) is 0 Å². The number of phosphoric ester groups is 1. The lowest BCUT2D eigenvalue weighted by Gasteiger charge is -2.41. The lowest BCUT2D eigenvalue weighted by Crippen LogP contribution is -2.64. The molecule has 6 unspecified atom stereocenters. The van der Waals surface area contributed by atoms with Crippen molar-refractivity contribution in [3.05, 3.63) is 109 Å². The zero-order chi connectivity index (χ0) is 46.9. The molecule has 0 bridgehead atoms. The monoisotopic (exact) mass is 919 g/mol. The molecule has 0 heterocycles. The third kappa shape index (κ3) is 31.8. The van der Waals surface area contributed by atoms with Gasteiger partial charge in [-0.15, -0.1) is 0 Å². The summed E-state index contributed by atoms with van der Waals surface area (Å²) in [6.45, 7) is 3.92. The number of unbranched alkanes of at least 4 members (excludes halogenated alkanes) is 8. The molecular formula is C51H83O12P. The Balaban J connectivity index is 2.46. The number of carbonyl (C=O) groups excluding carboxylic acids is 1. The smallest absolute Gasteiger partial charge is 0.457 e. The second-order valence-corrected chi connectivity index (χ2v) is 17.2. The van der Waals surface area contributed by atoms with Gasteiger partial charge in [0.25, 0.3) is 0 Å². The molecular weight excluding hydrogens is 836 g/mol. The minimum atomic E-state index is -5.05. The number of aliphatic hydroxyl groups excluding tert-OH is 5. The van der Waals surface area contributed by atoms with Crippen LogP contribution in [0.5, 0.6) is 0 Å². The largest absolute Gasteiger partial charge is 0.472 e. The van der Waals surface area contributed by atoms with E-state index in [1.807, 2.05) is 12.2 Å². The second-order valence-electron chi connectivity index (χ2n) is 15.8. The maximum Gasteiger partial charge on any atom is 0.472 e. The van der Waals surface area contributed by atoms with Crippen molar-refractivity contribution in [1.82, 2.24) is 0 Å². The first-order valence-electron chi connectivity index (χ1n) is 23.7. The van der Waals surface area contributed by atoms with Gasteiger partial charge in [-0.05, 0) is 83.5 Å². The third-order valence-corrected chi connectivity index (χ3v) is 11.1. The van der Waals surface area contributed by atoms with E-state index in [4.69, 9.17) is 18.5 Å². The molecule has 13 heteroatoms. The number of carbonyl (C=O) groups is 1. The van der Waals surface area contributed by atoms with Crippen LogP contribution in [0.3, 0.4) is 0 Å². The molecule has 6 N–H and O–H groups in total. The van der Waals surface area contributed by atoms with Crippen LogP contribution in [0.2, 0.25) is 0 Å². The van der Waals surface area contributed by atoms with Crippen molar-refractivity contribution >= 4 is 13.8 Å².